The number of rotatable bonds is 2. The Balaban J connectivity index is 2.63. The number of halogens is 2. The monoisotopic (exact) mass is 355 g/mol. The van der Waals surface area contributed by atoms with E-state index >= 15 is 0 Å². The van der Waals surface area contributed by atoms with Gasteiger partial charge in [0.15, 0.2) is 0 Å². The molecule has 0 radical (unpaired) electrons. The number of benzene rings is 1. The van der Waals surface area contributed by atoms with Gasteiger partial charge >= 0.3 is 0 Å². The van der Waals surface area contributed by atoms with Crippen LogP contribution < -0.4 is 5.73 Å². The number of imidazole rings is 1. The van der Waals surface area contributed by atoms with Crippen LogP contribution in [0.3, 0.4) is 0 Å². The zero-order chi connectivity index (χ0) is 15.1. The zero-order valence-electron chi connectivity index (χ0n) is 12.2. The summed E-state index contributed by atoms with van der Waals surface area (Å²) in [7, 11) is 0. The van der Waals surface area contributed by atoms with Crippen molar-refractivity contribution in [2.45, 2.75) is 39.7 Å². The Hall–Kier alpha value is -1.00. The molecule has 0 spiro atoms. The molecule has 5 heteroatoms. The Bertz CT molecular complexity index is 641. The molecule has 0 unspecified atom stereocenters. The maximum absolute atomic E-state index is 6.28. The smallest absolute Gasteiger partial charge is 0.131 e. The largest absolute Gasteiger partial charge is 0.383 e. The number of anilines is 1. The van der Waals surface area contributed by atoms with E-state index in [0.717, 1.165) is 28.1 Å². The fourth-order valence-corrected chi connectivity index (χ4v) is 2.71. The van der Waals surface area contributed by atoms with Crippen LogP contribution in [0.1, 0.15) is 33.5 Å². The lowest BCUT2D eigenvalue weighted by atomic mass is 9.95. The lowest BCUT2D eigenvalue weighted by Crippen LogP contribution is -2.19. The van der Waals surface area contributed by atoms with Crippen LogP contribution in [0.5, 0.6) is 0 Å². The Labute approximate surface area is 133 Å². The molecule has 0 saturated heterocycles. The summed E-state index contributed by atoms with van der Waals surface area (Å²) in [4.78, 5) is 4.77. The number of hydrogen-bond donors (Lipinski definition) is 1. The highest BCUT2D eigenvalue weighted by Gasteiger charge is 2.24. The Kier molecular flexibility index (Phi) is 4.17. The average Bonchev–Trinajstić information content (AvgIpc) is 2.69. The summed E-state index contributed by atoms with van der Waals surface area (Å²) in [6.07, 6.45) is 0. The van der Waals surface area contributed by atoms with Gasteiger partial charge in [0, 0.05) is 22.0 Å². The maximum Gasteiger partial charge on any atom is 0.131 e. The number of nitrogens with zero attached hydrogens (tertiary/aromatic N) is 2. The van der Waals surface area contributed by atoms with Gasteiger partial charge in [0.05, 0.1) is 5.02 Å². The van der Waals surface area contributed by atoms with E-state index in [-0.39, 0.29) is 5.41 Å². The first-order valence-electron chi connectivity index (χ1n) is 6.57. The summed E-state index contributed by atoms with van der Waals surface area (Å²) < 4.78 is 2.91. The van der Waals surface area contributed by atoms with Gasteiger partial charge in [-0.05, 0) is 35.0 Å². The molecule has 0 aliphatic rings. The first kappa shape index (κ1) is 15.4. The van der Waals surface area contributed by atoms with Gasteiger partial charge < -0.3 is 10.3 Å². The number of nitrogen functional groups attached to an aromatic ring is 1. The van der Waals surface area contributed by atoms with Crippen LogP contribution in [-0.2, 0) is 12.0 Å². The van der Waals surface area contributed by atoms with Gasteiger partial charge in [0.1, 0.15) is 17.3 Å². The minimum Gasteiger partial charge on any atom is -0.383 e. The predicted molar refractivity (Wildman–Crippen MR) is 89.2 cm³/mol. The first-order valence-corrected chi connectivity index (χ1v) is 7.74. The molecule has 0 atom stereocenters. The van der Waals surface area contributed by atoms with Crippen molar-refractivity contribution < 1.29 is 0 Å². The molecule has 2 N–H and O–H groups in total. The molecule has 0 fully saturated rings. The molecule has 1 aromatic carbocycles. The van der Waals surface area contributed by atoms with E-state index in [1.807, 2.05) is 18.2 Å². The van der Waals surface area contributed by atoms with Crippen LogP contribution in [0.2, 0.25) is 5.02 Å². The lowest BCUT2D eigenvalue weighted by molar-refractivity contribution is 0.509. The standard InChI is InChI=1S/C15H19BrClN3/c1-5-20-13(18)12(19-14(20)15(2,3)4)9-6-7-11(17)10(16)8-9/h6-8H,5,18H2,1-4H3. The van der Waals surface area contributed by atoms with E-state index in [1.165, 1.54) is 0 Å². The van der Waals surface area contributed by atoms with E-state index in [0.29, 0.717) is 10.8 Å². The summed E-state index contributed by atoms with van der Waals surface area (Å²) in [6.45, 7) is 9.31. The van der Waals surface area contributed by atoms with Crippen LogP contribution in [-0.4, -0.2) is 9.55 Å². The Morgan fingerprint density at radius 1 is 1.35 bits per heavy atom. The van der Waals surface area contributed by atoms with Crippen molar-refractivity contribution in [2.24, 2.45) is 0 Å². The summed E-state index contributed by atoms with van der Waals surface area (Å²) in [5.74, 6) is 1.70. The molecule has 0 bridgehead atoms. The molecule has 20 heavy (non-hydrogen) atoms. The fourth-order valence-electron chi connectivity index (χ4n) is 2.21. The van der Waals surface area contributed by atoms with Gasteiger partial charge in [-0.1, -0.05) is 38.4 Å². The van der Waals surface area contributed by atoms with Crippen LogP contribution >= 0.6 is 27.5 Å². The van der Waals surface area contributed by atoms with Gasteiger partial charge in [-0.2, -0.15) is 0 Å². The highest BCUT2D eigenvalue weighted by atomic mass is 79.9. The third-order valence-electron chi connectivity index (χ3n) is 3.19. The van der Waals surface area contributed by atoms with Crippen molar-refractivity contribution in [2.75, 3.05) is 5.73 Å². The van der Waals surface area contributed by atoms with Gasteiger partial charge in [-0.25, -0.2) is 4.98 Å². The van der Waals surface area contributed by atoms with Gasteiger partial charge in [-0.15, -0.1) is 0 Å². The molecule has 2 aromatic rings. The summed E-state index contributed by atoms with van der Waals surface area (Å²) in [6, 6.07) is 5.74. The minimum atomic E-state index is -0.0496. The number of hydrogen-bond acceptors (Lipinski definition) is 2. The second kappa shape index (κ2) is 5.41. The van der Waals surface area contributed by atoms with Gasteiger partial charge in [0.2, 0.25) is 0 Å². The molecule has 1 heterocycles. The SMILES string of the molecule is CCn1c(C(C)(C)C)nc(-c2ccc(Cl)c(Br)c2)c1N. The third-order valence-corrected chi connectivity index (χ3v) is 4.40. The minimum absolute atomic E-state index is 0.0496. The lowest BCUT2D eigenvalue weighted by Gasteiger charge is -2.19. The second-order valence-electron chi connectivity index (χ2n) is 5.79. The average molecular weight is 357 g/mol. The van der Waals surface area contributed by atoms with Crippen molar-refractivity contribution in [3.63, 3.8) is 0 Å². The summed E-state index contributed by atoms with van der Waals surface area (Å²) in [5, 5.41) is 0.679. The Morgan fingerprint density at radius 3 is 2.45 bits per heavy atom. The molecule has 1 aromatic heterocycles. The van der Waals surface area contributed by atoms with Crippen LogP contribution in [0.4, 0.5) is 5.82 Å². The van der Waals surface area contributed by atoms with E-state index in [4.69, 9.17) is 22.3 Å². The van der Waals surface area contributed by atoms with Crippen LogP contribution in [0, 0.1) is 0 Å². The van der Waals surface area contributed by atoms with Crippen LogP contribution in [0.15, 0.2) is 22.7 Å². The van der Waals surface area contributed by atoms with Gasteiger partial charge in [-0.3, -0.25) is 0 Å². The molecule has 0 amide bonds. The zero-order valence-corrected chi connectivity index (χ0v) is 14.5. The number of nitrogens with two attached hydrogens (primary N) is 1. The molecule has 0 aliphatic heterocycles. The van der Waals surface area contributed by atoms with Gasteiger partial charge in [0.25, 0.3) is 0 Å². The van der Waals surface area contributed by atoms with Crippen molar-refractivity contribution in [3.05, 3.63) is 33.5 Å². The summed E-state index contributed by atoms with van der Waals surface area (Å²) in [5.41, 5.74) is 8.02. The van der Waals surface area contributed by atoms with Crippen molar-refractivity contribution in [1.82, 2.24) is 9.55 Å². The number of aromatic nitrogens is 2. The van der Waals surface area contributed by atoms with E-state index < -0.39 is 0 Å². The van der Waals surface area contributed by atoms with E-state index in [1.54, 1.807) is 0 Å². The Morgan fingerprint density at radius 2 is 2.00 bits per heavy atom. The van der Waals surface area contributed by atoms with Crippen molar-refractivity contribution in [1.29, 1.82) is 0 Å². The molecule has 108 valence electrons. The van der Waals surface area contributed by atoms with E-state index in [9.17, 15) is 0 Å². The predicted octanol–water partition coefficient (Wildman–Crippen LogP) is 4.87. The molecular weight excluding hydrogens is 338 g/mol. The van der Waals surface area contributed by atoms with E-state index in [2.05, 4.69) is 48.2 Å². The van der Waals surface area contributed by atoms with Crippen LogP contribution in [0.25, 0.3) is 11.3 Å². The normalized spacial score (nSPS) is 11.9. The quantitative estimate of drug-likeness (QED) is 0.834. The highest BCUT2D eigenvalue weighted by molar-refractivity contribution is 9.10. The molecule has 3 nitrogen and oxygen atoms in total. The molecule has 0 aliphatic carbocycles. The maximum atomic E-state index is 6.28. The fraction of sp³-hybridized carbons (Fsp3) is 0.400. The first-order chi connectivity index (χ1) is 9.25. The highest BCUT2D eigenvalue weighted by Crippen LogP contribution is 2.34. The summed E-state index contributed by atoms with van der Waals surface area (Å²) >= 11 is 9.48. The second-order valence-corrected chi connectivity index (χ2v) is 7.05. The third kappa shape index (κ3) is 2.72. The van der Waals surface area contributed by atoms with Crippen molar-refractivity contribution >= 4 is 33.3 Å². The molecule has 2 rings (SSSR count). The molecule has 0 saturated carbocycles. The van der Waals surface area contributed by atoms with Crippen molar-refractivity contribution in [3.8, 4) is 11.3 Å². The topological polar surface area (TPSA) is 43.8 Å². The molecular formula is C15H19BrClN3.